The minimum absolute atomic E-state index is 0.0419. The zero-order chi connectivity index (χ0) is 29.4. The highest BCUT2D eigenvalue weighted by Gasteiger charge is 2.36. The van der Waals surface area contributed by atoms with Crippen molar-refractivity contribution in [3.8, 4) is 5.75 Å². The fourth-order valence-corrected chi connectivity index (χ4v) is 14.8. The molecule has 1 N–H and O–H groups in total. The normalized spacial score (nSPS) is 20.3. The van der Waals surface area contributed by atoms with E-state index < -0.39 is 20.2 Å². The molecule has 0 saturated heterocycles. The van der Waals surface area contributed by atoms with Crippen LogP contribution in [0.25, 0.3) is 0 Å². The molecule has 0 atom stereocenters. The van der Waals surface area contributed by atoms with Crippen molar-refractivity contribution in [3.63, 3.8) is 0 Å². The van der Waals surface area contributed by atoms with Crippen LogP contribution in [-0.4, -0.2) is 21.4 Å². The lowest BCUT2D eigenvalue weighted by molar-refractivity contribution is 0.414. The van der Waals surface area contributed by atoms with E-state index in [4.69, 9.17) is 4.18 Å². The van der Waals surface area contributed by atoms with Gasteiger partial charge < -0.3 is 4.18 Å². The Bertz CT molecular complexity index is 1450. The third kappa shape index (κ3) is 7.41. The smallest absolute Gasteiger partial charge is 0.339 e. The largest absolute Gasteiger partial charge is 0.377 e. The molecule has 0 spiro atoms. The highest BCUT2D eigenvalue weighted by atomic mass is 127. The van der Waals surface area contributed by atoms with Gasteiger partial charge in [-0.2, -0.15) is 16.8 Å². The van der Waals surface area contributed by atoms with Gasteiger partial charge in [0.2, 0.25) is 0 Å². The molecule has 0 aromatic heterocycles. The molecule has 6 nitrogen and oxygen atoms in total. The molecule has 226 valence electrons. The molecule has 41 heavy (non-hydrogen) atoms. The summed E-state index contributed by atoms with van der Waals surface area (Å²) < 4.78 is 70.2. The molecule has 2 aromatic carbocycles. The number of hydrogen-bond donors (Lipinski definition) is 1. The minimum Gasteiger partial charge on any atom is -0.377 e. The van der Waals surface area contributed by atoms with Gasteiger partial charge >= 0.3 is 10.1 Å². The number of halogens is 3. The summed E-state index contributed by atoms with van der Waals surface area (Å²) in [5, 5.41) is 0. The third-order valence-electron chi connectivity index (χ3n) is 9.12. The van der Waals surface area contributed by atoms with Gasteiger partial charge in [-0.05, 0) is 147 Å². The molecule has 0 amide bonds. The monoisotopic (exact) mass is 938 g/mol. The molecule has 5 rings (SSSR count). The van der Waals surface area contributed by atoms with Crippen LogP contribution in [0.1, 0.15) is 131 Å². The second-order valence-electron chi connectivity index (χ2n) is 11.9. The maximum absolute atomic E-state index is 14.5. The summed E-state index contributed by atoms with van der Waals surface area (Å²) in [6.45, 7) is 0. The Morgan fingerprint density at radius 3 is 1.49 bits per heavy atom. The van der Waals surface area contributed by atoms with Gasteiger partial charge in [-0.15, -0.1) is 0 Å². The molecule has 3 fully saturated rings. The first kappa shape index (κ1) is 32.7. The van der Waals surface area contributed by atoms with E-state index in [0.717, 1.165) is 75.3 Å². The van der Waals surface area contributed by atoms with Crippen LogP contribution in [0, 0.1) is 10.7 Å². The topological polar surface area (TPSA) is 97.7 Å². The Labute approximate surface area is 285 Å². The number of rotatable bonds is 7. The van der Waals surface area contributed by atoms with Crippen LogP contribution in [-0.2, 0) is 20.2 Å². The van der Waals surface area contributed by atoms with Crippen molar-refractivity contribution in [2.75, 3.05) is 0 Å². The molecule has 0 unspecified atom stereocenters. The standard InChI is InChI=1S/C30H37I3O6S2/c31-25-18-26(32)30(40(34,35)36)27(33)28(25)39-41(37,38)29-23(20-12-6-2-7-13-20)16-22(19-10-4-1-5-11-19)17-24(29)21-14-8-3-9-15-21/h16-21H,1-15H2,(H,34,35,36). The summed E-state index contributed by atoms with van der Waals surface area (Å²) in [5.41, 5.74) is 3.09. The van der Waals surface area contributed by atoms with Crippen molar-refractivity contribution >= 4 is 88.0 Å². The summed E-state index contributed by atoms with van der Waals surface area (Å²) >= 11 is 5.60. The SMILES string of the molecule is O=S(=O)(O)c1c(I)cc(I)c(OS(=O)(=O)c2c(C3CCCCC3)cc(C3CCCCC3)cc2C2CCCCC2)c1I. The van der Waals surface area contributed by atoms with Crippen LogP contribution in [0.15, 0.2) is 28.0 Å². The van der Waals surface area contributed by atoms with E-state index in [9.17, 15) is 21.4 Å². The maximum atomic E-state index is 14.5. The Balaban J connectivity index is 1.70. The molecule has 0 bridgehead atoms. The average Bonchev–Trinajstić information content (AvgIpc) is 2.95. The Morgan fingerprint density at radius 1 is 0.610 bits per heavy atom. The van der Waals surface area contributed by atoms with Gasteiger partial charge in [0.15, 0.2) is 5.75 Å². The third-order valence-corrected chi connectivity index (χ3v) is 14.8. The molecular formula is C30H37I3O6S2. The second kappa shape index (κ2) is 13.7. The number of hydrogen-bond acceptors (Lipinski definition) is 5. The molecule has 0 radical (unpaired) electrons. The predicted octanol–water partition coefficient (Wildman–Crippen LogP) is 9.66. The fraction of sp³-hybridized carbons (Fsp3) is 0.600. The van der Waals surface area contributed by atoms with Gasteiger partial charge in [0.05, 0.1) is 7.14 Å². The predicted molar refractivity (Wildman–Crippen MR) is 186 cm³/mol. The van der Waals surface area contributed by atoms with Crippen LogP contribution in [0.5, 0.6) is 5.75 Å². The number of benzene rings is 2. The van der Waals surface area contributed by atoms with Gasteiger partial charge in [-0.1, -0.05) is 69.9 Å². The van der Waals surface area contributed by atoms with E-state index in [-0.39, 0.29) is 26.1 Å². The van der Waals surface area contributed by atoms with Crippen molar-refractivity contribution < 1.29 is 25.6 Å². The molecule has 11 heteroatoms. The van der Waals surface area contributed by atoms with Crippen LogP contribution in [0.3, 0.4) is 0 Å². The molecule has 2 aromatic rings. The lowest BCUT2D eigenvalue weighted by Crippen LogP contribution is -2.22. The molecule has 3 aliphatic carbocycles. The fourth-order valence-electron chi connectivity index (χ4n) is 7.11. The van der Waals surface area contributed by atoms with Crippen molar-refractivity contribution in [2.24, 2.45) is 0 Å². The van der Waals surface area contributed by atoms with Crippen molar-refractivity contribution in [2.45, 2.75) is 124 Å². The van der Waals surface area contributed by atoms with Crippen LogP contribution in [0.4, 0.5) is 0 Å². The molecule has 3 aliphatic rings. The van der Waals surface area contributed by atoms with Gasteiger partial charge in [0, 0.05) is 3.57 Å². The van der Waals surface area contributed by atoms with E-state index in [1.165, 1.54) is 43.7 Å². The quantitative estimate of drug-likeness (QED) is 0.169. The highest BCUT2D eigenvalue weighted by molar-refractivity contribution is 14.1. The second-order valence-corrected chi connectivity index (χ2v) is 18.1. The molecular weight excluding hydrogens is 901 g/mol. The summed E-state index contributed by atoms with van der Waals surface area (Å²) in [7, 11) is -8.91. The average molecular weight is 938 g/mol. The van der Waals surface area contributed by atoms with Gasteiger partial charge in [0.1, 0.15) is 9.79 Å². The Hall–Kier alpha value is 0.290. The van der Waals surface area contributed by atoms with Gasteiger partial charge in [-0.25, -0.2) is 0 Å². The van der Waals surface area contributed by atoms with E-state index >= 15 is 0 Å². The first-order chi connectivity index (χ1) is 19.5. The zero-order valence-electron chi connectivity index (χ0n) is 23.0. The molecule has 3 saturated carbocycles. The summed E-state index contributed by atoms with van der Waals surface area (Å²) in [6, 6.07) is 5.93. The first-order valence-electron chi connectivity index (χ1n) is 14.7. The lowest BCUT2D eigenvalue weighted by Gasteiger charge is -2.32. The maximum Gasteiger partial charge on any atom is 0.339 e. The van der Waals surface area contributed by atoms with E-state index in [1.807, 2.05) is 45.2 Å². The zero-order valence-corrected chi connectivity index (χ0v) is 31.1. The summed E-state index contributed by atoms with van der Waals surface area (Å²) in [5.74, 6) is 0.735. The summed E-state index contributed by atoms with van der Waals surface area (Å²) in [4.78, 5) is -0.00798. The van der Waals surface area contributed by atoms with Crippen LogP contribution < -0.4 is 4.18 Å². The Kier molecular flexibility index (Phi) is 10.9. The minimum atomic E-state index is -4.59. The van der Waals surface area contributed by atoms with E-state index in [1.54, 1.807) is 22.6 Å². The van der Waals surface area contributed by atoms with Crippen LogP contribution >= 0.6 is 67.8 Å². The van der Waals surface area contributed by atoms with Crippen molar-refractivity contribution in [3.05, 3.63) is 45.6 Å². The van der Waals surface area contributed by atoms with Gasteiger partial charge in [-0.3, -0.25) is 4.55 Å². The lowest BCUT2D eigenvalue weighted by atomic mass is 9.76. The summed E-state index contributed by atoms with van der Waals surface area (Å²) in [6.07, 6.45) is 16.5. The van der Waals surface area contributed by atoms with E-state index in [2.05, 4.69) is 12.1 Å². The first-order valence-corrected chi connectivity index (χ1v) is 20.8. The Morgan fingerprint density at radius 2 is 1.05 bits per heavy atom. The van der Waals surface area contributed by atoms with Crippen molar-refractivity contribution in [1.29, 1.82) is 0 Å². The van der Waals surface area contributed by atoms with Crippen LogP contribution in [0.2, 0.25) is 0 Å². The van der Waals surface area contributed by atoms with E-state index in [0.29, 0.717) is 18.0 Å². The highest BCUT2D eigenvalue weighted by Crippen LogP contribution is 2.47. The van der Waals surface area contributed by atoms with Crippen molar-refractivity contribution in [1.82, 2.24) is 0 Å². The molecule has 0 aliphatic heterocycles. The molecule has 0 heterocycles. The van der Waals surface area contributed by atoms with Gasteiger partial charge in [0.25, 0.3) is 10.1 Å².